The second-order valence-electron chi connectivity index (χ2n) is 8.49. The summed E-state index contributed by atoms with van der Waals surface area (Å²) in [5, 5.41) is 12.0. The number of hydrogen-bond donors (Lipinski definition) is 1. The molecule has 1 fully saturated rings. The monoisotopic (exact) mass is 440 g/mol. The van der Waals surface area contributed by atoms with E-state index < -0.39 is 17.8 Å². The second-order valence-corrected chi connectivity index (χ2v) is 8.49. The molecule has 1 aromatic heterocycles. The lowest BCUT2D eigenvalue weighted by Gasteiger charge is -2.41. The molecular formula is C26H21FN4O2. The average molecular weight is 440 g/mol. The molecule has 0 saturated heterocycles. The molecule has 0 radical (unpaired) electrons. The third-order valence-electron chi connectivity index (χ3n) is 6.25. The van der Waals surface area contributed by atoms with Crippen LogP contribution in [-0.4, -0.2) is 28.2 Å². The molecule has 2 amide bonds. The van der Waals surface area contributed by atoms with E-state index in [2.05, 4.69) is 10.3 Å². The van der Waals surface area contributed by atoms with Gasteiger partial charge in [0.15, 0.2) is 0 Å². The van der Waals surface area contributed by atoms with E-state index in [1.54, 1.807) is 47.6 Å². The fourth-order valence-electron chi connectivity index (χ4n) is 4.49. The van der Waals surface area contributed by atoms with E-state index in [-0.39, 0.29) is 17.4 Å². The number of anilines is 1. The fourth-order valence-corrected chi connectivity index (χ4v) is 4.49. The summed E-state index contributed by atoms with van der Waals surface area (Å²) in [6.07, 6.45) is 5.48. The molecule has 3 aromatic rings. The van der Waals surface area contributed by atoms with Crippen molar-refractivity contribution in [2.24, 2.45) is 5.92 Å². The molecule has 2 aromatic carbocycles. The zero-order chi connectivity index (χ0) is 22.9. The van der Waals surface area contributed by atoms with Gasteiger partial charge in [-0.15, -0.1) is 0 Å². The Morgan fingerprint density at radius 3 is 2.73 bits per heavy atom. The molecule has 1 saturated carbocycles. The lowest BCUT2D eigenvalue weighted by atomic mass is 9.79. The van der Waals surface area contributed by atoms with Crippen LogP contribution in [0.4, 0.5) is 10.1 Å². The number of nitrogens with zero attached hydrogens (tertiary/aromatic N) is 3. The van der Waals surface area contributed by atoms with Crippen LogP contribution in [0.3, 0.4) is 0 Å². The normalized spacial score (nSPS) is 19.5. The minimum atomic E-state index is -0.697. The van der Waals surface area contributed by atoms with Crippen molar-refractivity contribution in [2.75, 3.05) is 11.9 Å². The number of hydrogen-bond acceptors (Lipinski definition) is 4. The predicted molar refractivity (Wildman–Crippen MR) is 120 cm³/mol. The number of carbonyl (C=O) groups excluding carboxylic acids is 2. The van der Waals surface area contributed by atoms with Gasteiger partial charge in [-0.1, -0.05) is 24.3 Å². The largest absolute Gasteiger partial charge is 0.330 e. The maximum atomic E-state index is 13.8. The first-order chi connectivity index (χ1) is 16.1. The fraction of sp³-hybridized carbons (Fsp3) is 0.231. The molecular weight excluding hydrogens is 419 g/mol. The molecule has 2 aliphatic rings. The van der Waals surface area contributed by atoms with Crippen LogP contribution in [0.5, 0.6) is 0 Å². The summed E-state index contributed by atoms with van der Waals surface area (Å²) < 4.78 is 13.8. The van der Waals surface area contributed by atoms with Gasteiger partial charge in [-0.25, -0.2) is 4.39 Å². The number of halogens is 1. The van der Waals surface area contributed by atoms with E-state index >= 15 is 0 Å². The third kappa shape index (κ3) is 3.96. The molecule has 6 nitrogen and oxygen atoms in total. The Kier molecular flexibility index (Phi) is 5.35. The van der Waals surface area contributed by atoms with Crippen molar-refractivity contribution < 1.29 is 14.0 Å². The maximum absolute atomic E-state index is 13.8. The first kappa shape index (κ1) is 20.8. The lowest BCUT2D eigenvalue weighted by molar-refractivity contribution is -0.119. The number of carbonyl (C=O) groups is 2. The van der Waals surface area contributed by atoms with Crippen LogP contribution in [-0.2, 0) is 4.79 Å². The van der Waals surface area contributed by atoms with Gasteiger partial charge in [-0.2, -0.15) is 5.26 Å². The van der Waals surface area contributed by atoms with Crippen molar-refractivity contribution in [3.05, 3.63) is 95.1 Å². The number of fused-ring (bicyclic) bond motifs is 1. The minimum Gasteiger partial charge on any atom is -0.330 e. The predicted octanol–water partition coefficient (Wildman–Crippen LogP) is 4.42. The number of nitriles is 1. The standard InChI is InChI=1S/C26H21FN4O2/c27-22-10-9-19(12-18(22)13-28)30-25(32)23-20-5-1-2-6-21(20)26(33)31(15-16-7-8-16)24(23)17-4-3-11-29-14-17/h1-6,9-12,14,16,23-24H,7-8,15H2,(H,30,32)/t23-,24+/m0/s1. The first-order valence-corrected chi connectivity index (χ1v) is 10.9. The van der Waals surface area contributed by atoms with Crippen LogP contribution >= 0.6 is 0 Å². The van der Waals surface area contributed by atoms with Gasteiger partial charge in [-0.3, -0.25) is 14.6 Å². The average Bonchev–Trinajstić information content (AvgIpc) is 3.66. The van der Waals surface area contributed by atoms with Gasteiger partial charge in [0.25, 0.3) is 5.91 Å². The van der Waals surface area contributed by atoms with Gasteiger partial charge in [0.05, 0.1) is 17.5 Å². The third-order valence-corrected chi connectivity index (χ3v) is 6.25. The molecule has 0 spiro atoms. The van der Waals surface area contributed by atoms with Gasteiger partial charge in [0.1, 0.15) is 11.9 Å². The van der Waals surface area contributed by atoms with E-state index in [1.165, 1.54) is 12.1 Å². The highest BCUT2D eigenvalue weighted by Crippen LogP contribution is 2.45. The maximum Gasteiger partial charge on any atom is 0.254 e. The van der Waals surface area contributed by atoms with Crippen molar-refractivity contribution in [3.63, 3.8) is 0 Å². The highest BCUT2D eigenvalue weighted by atomic mass is 19.1. The second kappa shape index (κ2) is 8.47. The van der Waals surface area contributed by atoms with Gasteiger partial charge in [0.2, 0.25) is 5.91 Å². The molecule has 0 unspecified atom stereocenters. The Bertz CT molecular complexity index is 1270. The number of nitrogens with one attached hydrogen (secondary N) is 1. The zero-order valence-corrected chi connectivity index (χ0v) is 17.7. The van der Waals surface area contributed by atoms with E-state index in [9.17, 15) is 14.0 Å². The highest BCUT2D eigenvalue weighted by Gasteiger charge is 2.45. The molecule has 2 heterocycles. The molecule has 0 bridgehead atoms. The molecule has 164 valence electrons. The van der Waals surface area contributed by atoms with E-state index in [1.807, 2.05) is 12.1 Å². The summed E-state index contributed by atoms with van der Waals surface area (Å²) in [4.78, 5) is 33.2. The summed E-state index contributed by atoms with van der Waals surface area (Å²) in [7, 11) is 0. The van der Waals surface area contributed by atoms with Gasteiger partial charge in [-0.05, 0) is 60.2 Å². The molecule has 5 rings (SSSR count). The van der Waals surface area contributed by atoms with Crippen LogP contribution in [0, 0.1) is 23.1 Å². The van der Waals surface area contributed by atoms with Crippen LogP contribution in [0.25, 0.3) is 0 Å². The lowest BCUT2D eigenvalue weighted by Crippen LogP contribution is -2.47. The van der Waals surface area contributed by atoms with Crippen LogP contribution in [0.15, 0.2) is 67.0 Å². The van der Waals surface area contributed by atoms with Gasteiger partial charge in [0, 0.05) is 30.2 Å². The van der Waals surface area contributed by atoms with Crippen molar-refractivity contribution >= 4 is 17.5 Å². The Hall–Kier alpha value is -4.05. The molecule has 33 heavy (non-hydrogen) atoms. The Labute approximate surface area is 190 Å². The van der Waals surface area contributed by atoms with Gasteiger partial charge < -0.3 is 10.2 Å². The van der Waals surface area contributed by atoms with Crippen LogP contribution < -0.4 is 5.32 Å². The Balaban J connectivity index is 1.60. The number of benzene rings is 2. The van der Waals surface area contributed by atoms with E-state index in [0.717, 1.165) is 24.5 Å². The van der Waals surface area contributed by atoms with Gasteiger partial charge >= 0.3 is 0 Å². The summed E-state index contributed by atoms with van der Waals surface area (Å²) in [6.45, 7) is 0.575. The van der Waals surface area contributed by atoms with Crippen LogP contribution in [0.1, 0.15) is 51.8 Å². The summed E-state index contributed by atoms with van der Waals surface area (Å²) in [6, 6.07) is 16.0. The van der Waals surface area contributed by atoms with E-state index in [0.29, 0.717) is 29.3 Å². The van der Waals surface area contributed by atoms with Crippen molar-refractivity contribution in [2.45, 2.75) is 24.8 Å². The molecule has 1 aliphatic heterocycles. The summed E-state index contributed by atoms with van der Waals surface area (Å²) >= 11 is 0. The Morgan fingerprint density at radius 1 is 1.18 bits per heavy atom. The van der Waals surface area contributed by atoms with Crippen molar-refractivity contribution in [1.29, 1.82) is 5.26 Å². The molecule has 2 atom stereocenters. The van der Waals surface area contributed by atoms with E-state index in [4.69, 9.17) is 5.26 Å². The number of aromatic nitrogens is 1. The van der Waals surface area contributed by atoms with Crippen molar-refractivity contribution in [3.8, 4) is 6.07 Å². The van der Waals surface area contributed by atoms with Crippen LogP contribution in [0.2, 0.25) is 0 Å². The number of amides is 2. The topological polar surface area (TPSA) is 86.1 Å². The SMILES string of the molecule is N#Cc1cc(NC(=O)[C@H]2c3ccccc3C(=O)N(CC3CC3)[C@@H]2c2cccnc2)ccc1F. The van der Waals surface area contributed by atoms with Crippen molar-refractivity contribution in [1.82, 2.24) is 9.88 Å². The number of rotatable bonds is 5. The summed E-state index contributed by atoms with van der Waals surface area (Å²) in [5.74, 6) is -1.34. The molecule has 1 N–H and O–H groups in total. The minimum absolute atomic E-state index is 0.0936. The summed E-state index contributed by atoms with van der Waals surface area (Å²) in [5.41, 5.74) is 2.11. The quantitative estimate of drug-likeness (QED) is 0.636. The highest BCUT2D eigenvalue weighted by molar-refractivity contribution is 6.04. The Morgan fingerprint density at radius 2 is 2.00 bits per heavy atom. The molecule has 7 heteroatoms. The molecule has 1 aliphatic carbocycles. The zero-order valence-electron chi connectivity index (χ0n) is 17.7. The smallest absolute Gasteiger partial charge is 0.254 e. The number of pyridine rings is 1. The first-order valence-electron chi connectivity index (χ1n) is 10.9.